The normalized spacial score (nSPS) is 20.7. The smallest absolute Gasteiger partial charge is 0.0973 e. The van der Waals surface area contributed by atoms with Crippen LogP contribution < -0.4 is 5.32 Å². The highest BCUT2D eigenvalue weighted by Gasteiger charge is 2.36. The summed E-state index contributed by atoms with van der Waals surface area (Å²) in [5.74, 6) is 1.89. The highest BCUT2D eigenvalue weighted by molar-refractivity contribution is 5.85. The molecule has 0 aromatic rings. The van der Waals surface area contributed by atoms with Gasteiger partial charge in [-0.25, -0.2) is 0 Å². The lowest BCUT2D eigenvalue weighted by Gasteiger charge is -2.28. The Hall–Kier alpha value is -0.530. The molecule has 1 unspecified atom stereocenters. The number of nitrogens with zero attached hydrogens (tertiary/aromatic N) is 1. The van der Waals surface area contributed by atoms with Crippen LogP contribution >= 0.6 is 0 Å². The molecule has 124 valence electrons. The number of amidine groups is 1. The van der Waals surface area contributed by atoms with E-state index in [2.05, 4.69) is 39.9 Å². The van der Waals surface area contributed by atoms with Crippen molar-refractivity contribution in [2.24, 2.45) is 10.9 Å². The van der Waals surface area contributed by atoms with E-state index in [9.17, 15) is 0 Å². The number of rotatable bonds is 11. The molecule has 1 rings (SSSR count). The Kier molecular flexibility index (Phi) is 8.36. The predicted octanol–water partition coefficient (Wildman–Crippen LogP) is 5.71. The van der Waals surface area contributed by atoms with Crippen molar-refractivity contribution < 1.29 is 0 Å². The summed E-state index contributed by atoms with van der Waals surface area (Å²) < 4.78 is 0. The second-order valence-corrected chi connectivity index (χ2v) is 7.66. The summed E-state index contributed by atoms with van der Waals surface area (Å²) in [6, 6.07) is 0.506. The van der Waals surface area contributed by atoms with Crippen molar-refractivity contribution in [3.8, 4) is 0 Å². The van der Waals surface area contributed by atoms with E-state index in [1.807, 2.05) is 0 Å². The summed E-state index contributed by atoms with van der Waals surface area (Å²) in [7, 11) is 0. The van der Waals surface area contributed by atoms with Crippen LogP contribution in [0.25, 0.3) is 0 Å². The molecule has 0 saturated heterocycles. The lowest BCUT2D eigenvalue weighted by atomic mass is 9.88. The minimum atomic E-state index is 0.0722. The maximum Gasteiger partial charge on any atom is 0.0973 e. The molecule has 1 atom stereocenters. The van der Waals surface area contributed by atoms with Crippen LogP contribution in [0.3, 0.4) is 0 Å². The summed E-state index contributed by atoms with van der Waals surface area (Å²) in [5.41, 5.74) is 0.0722. The lowest BCUT2D eigenvalue weighted by Crippen LogP contribution is -2.44. The molecule has 0 fully saturated rings. The first-order chi connectivity index (χ1) is 9.97. The van der Waals surface area contributed by atoms with Crippen molar-refractivity contribution in [1.82, 2.24) is 5.32 Å². The molecule has 1 N–H and O–H groups in total. The van der Waals surface area contributed by atoms with Gasteiger partial charge in [0.1, 0.15) is 0 Å². The first-order valence-corrected chi connectivity index (χ1v) is 9.32. The van der Waals surface area contributed by atoms with Gasteiger partial charge in [-0.05, 0) is 26.2 Å². The topological polar surface area (TPSA) is 24.4 Å². The van der Waals surface area contributed by atoms with Crippen LogP contribution in [0.5, 0.6) is 0 Å². The van der Waals surface area contributed by atoms with Crippen molar-refractivity contribution in [2.75, 3.05) is 0 Å². The van der Waals surface area contributed by atoms with Gasteiger partial charge in [-0.1, -0.05) is 72.1 Å². The lowest BCUT2D eigenvalue weighted by molar-refractivity contribution is 0.332. The fourth-order valence-electron chi connectivity index (χ4n) is 3.52. The average Bonchev–Trinajstić information content (AvgIpc) is 2.72. The minimum Gasteiger partial charge on any atom is -0.368 e. The van der Waals surface area contributed by atoms with Gasteiger partial charge >= 0.3 is 0 Å². The zero-order valence-electron chi connectivity index (χ0n) is 15.2. The molecule has 2 nitrogen and oxygen atoms in total. The van der Waals surface area contributed by atoms with E-state index in [-0.39, 0.29) is 5.54 Å². The third-order valence-corrected chi connectivity index (χ3v) is 4.69. The molecule has 0 bridgehead atoms. The first-order valence-electron chi connectivity index (χ1n) is 9.32. The van der Waals surface area contributed by atoms with Crippen LogP contribution in [0, 0.1) is 5.92 Å². The summed E-state index contributed by atoms with van der Waals surface area (Å²) in [6.07, 6.45) is 13.7. The molecule has 0 amide bonds. The number of hydrogen-bond donors (Lipinski definition) is 1. The van der Waals surface area contributed by atoms with E-state index >= 15 is 0 Å². The maximum atomic E-state index is 4.90. The number of nitrogens with one attached hydrogen (secondary N) is 1. The molecule has 1 heterocycles. The van der Waals surface area contributed by atoms with Gasteiger partial charge in [0.15, 0.2) is 0 Å². The second-order valence-electron chi connectivity index (χ2n) is 7.66. The zero-order valence-corrected chi connectivity index (χ0v) is 15.2. The van der Waals surface area contributed by atoms with Gasteiger partial charge in [-0.3, -0.25) is 4.99 Å². The van der Waals surface area contributed by atoms with Crippen LogP contribution in [-0.2, 0) is 0 Å². The predicted molar refractivity (Wildman–Crippen MR) is 95.1 cm³/mol. The van der Waals surface area contributed by atoms with Gasteiger partial charge in [0.25, 0.3) is 0 Å². The SMILES string of the molecule is CCCCCCCCCCCC1=NC(C)(C)C(C(C)C)N1. The fourth-order valence-corrected chi connectivity index (χ4v) is 3.52. The summed E-state index contributed by atoms with van der Waals surface area (Å²) >= 11 is 0. The molecule has 0 aromatic carbocycles. The largest absolute Gasteiger partial charge is 0.368 e. The van der Waals surface area contributed by atoms with E-state index in [0.29, 0.717) is 12.0 Å². The first kappa shape index (κ1) is 18.5. The molecule has 0 spiro atoms. The van der Waals surface area contributed by atoms with Crippen LogP contribution in [0.2, 0.25) is 0 Å². The third-order valence-electron chi connectivity index (χ3n) is 4.69. The summed E-state index contributed by atoms with van der Waals surface area (Å²) in [4.78, 5) is 4.90. The van der Waals surface area contributed by atoms with E-state index in [0.717, 1.165) is 6.42 Å². The van der Waals surface area contributed by atoms with E-state index in [4.69, 9.17) is 4.99 Å². The Morgan fingerprint density at radius 2 is 1.48 bits per heavy atom. The second kappa shape index (κ2) is 9.48. The molecular formula is C19H38N2. The molecule has 1 aliphatic rings. The molecule has 0 saturated carbocycles. The van der Waals surface area contributed by atoms with Crippen molar-refractivity contribution in [3.63, 3.8) is 0 Å². The molecule has 0 aromatic heterocycles. The van der Waals surface area contributed by atoms with E-state index in [1.54, 1.807) is 0 Å². The zero-order chi connectivity index (χ0) is 15.7. The number of hydrogen-bond acceptors (Lipinski definition) is 2. The molecule has 0 aliphatic carbocycles. The third kappa shape index (κ3) is 6.84. The van der Waals surface area contributed by atoms with Gasteiger partial charge < -0.3 is 5.32 Å². The summed E-state index contributed by atoms with van der Waals surface area (Å²) in [5, 5.41) is 3.66. The monoisotopic (exact) mass is 294 g/mol. The Morgan fingerprint density at radius 1 is 0.952 bits per heavy atom. The Balaban J connectivity index is 2.06. The quantitative estimate of drug-likeness (QED) is 0.485. The number of unbranched alkanes of at least 4 members (excludes halogenated alkanes) is 8. The van der Waals surface area contributed by atoms with Gasteiger partial charge in [-0.15, -0.1) is 0 Å². The van der Waals surface area contributed by atoms with Crippen LogP contribution in [-0.4, -0.2) is 17.4 Å². The van der Waals surface area contributed by atoms with Gasteiger partial charge in [0, 0.05) is 6.42 Å². The number of aliphatic imine (C=N–C) groups is 1. The fraction of sp³-hybridized carbons (Fsp3) is 0.947. The highest BCUT2D eigenvalue weighted by Crippen LogP contribution is 2.27. The molecule has 21 heavy (non-hydrogen) atoms. The average molecular weight is 295 g/mol. The van der Waals surface area contributed by atoms with Crippen LogP contribution in [0.1, 0.15) is 98.8 Å². The van der Waals surface area contributed by atoms with Crippen LogP contribution in [0.15, 0.2) is 4.99 Å². The highest BCUT2D eigenvalue weighted by atomic mass is 15.2. The molecule has 0 radical (unpaired) electrons. The Bertz CT molecular complexity index is 305. The minimum absolute atomic E-state index is 0.0722. The Labute approximate surface area is 133 Å². The van der Waals surface area contributed by atoms with Crippen molar-refractivity contribution in [2.45, 2.75) is 110 Å². The van der Waals surface area contributed by atoms with Crippen molar-refractivity contribution in [1.29, 1.82) is 0 Å². The Morgan fingerprint density at radius 3 is 1.95 bits per heavy atom. The van der Waals surface area contributed by atoms with Gasteiger partial charge in [-0.2, -0.15) is 0 Å². The maximum absolute atomic E-state index is 4.90. The molecular weight excluding hydrogens is 256 g/mol. The van der Waals surface area contributed by atoms with E-state index in [1.165, 1.54) is 63.6 Å². The standard InChI is InChI=1S/C19H38N2/c1-6-7-8-9-10-11-12-13-14-15-17-20-18(16(2)3)19(4,5)21-17/h16,18H,6-15H2,1-5H3,(H,20,21). The van der Waals surface area contributed by atoms with Crippen molar-refractivity contribution in [3.05, 3.63) is 0 Å². The van der Waals surface area contributed by atoms with Gasteiger partial charge in [0.2, 0.25) is 0 Å². The van der Waals surface area contributed by atoms with Crippen molar-refractivity contribution >= 4 is 5.84 Å². The van der Waals surface area contributed by atoms with Gasteiger partial charge in [0.05, 0.1) is 17.4 Å². The molecule has 2 heteroatoms. The van der Waals surface area contributed by atoms with E-state index < -0.39 is 0 Å². The summed E-state index contributed by atoms with van der Waals surface area (Å²) in [6.45, 7) is 11.4. The van der Waals surface area contributed by atoms with Crippen LogP contribution in [0.4, 0.5) is 0 Å². The molecule has 1 aliphatic heterocycles.